The molecule has 0 atom stereocenters. The van der Waals surface area contributed by atoms with Crippen LogP contribution in [0.25, 0.3) is 6.08 Å². The Balaban J connectivity index is 1.76. The first kappa shape index (κ1) is 22.4. The number of carbonyl (C=O) groups excluding carboxylic acids is 1. The fourth-order valence-electron chi connectivity index (χ4n) is 3.85. The number of methoxy groups -OCH3 is 1. The van der Waals surface area contributed by atoms with E-state index in [0.29, 0.717) is 18.0 Å². The van der Waals surface area contributed by atoms with Crippen LogP contribution in [0, 0.1) is 17.1 Å². The van der Waals surface area contributed by atoms with Crippen LogP contribution in [0.2, 0.25) is 0 Å². The number of rotatable bonds is 8. The van der Waals surface area contributed by atoms with Crippen molar-refractivity contribution in [3.63, 3.8) is 0 Å². The monoisotopic (exact) mass is 422 g/mol. The number of nitrogens with zero attached hydrogens (tertiary/aromatic N) is 2. The highest BCUT2D eigenvalue weighted by Crippen LogP contribution is 2.29. The molecule has 31 heavy (non-hydrogen) atoms. The van der Waals surface area contributed by atoms with Gasteiger partial charge < -0.3 is 14.4 Å². The second-order valence-electron chi connectivity index (χ2n) is 7.57. The molecule has 3 rings (SSSR count). The Morgan fingerprint density at radius 2 is 1.90 bits per heavy atom. The van der Waals surface area contributed by atoms with Gasteiger partial charge in [0.25, 0.3) is 0 Å². The minimum Gasteiger partial charge on any atom is -0.493 e. The average molecular weight is 423 g/mol. The average Bonchev–Trinajstić information content (AvgIpc) is 2.81. The first-order chi connectivity index (χ1) is 15.1. The van der Waals surface area contributed by atoms with Crippen LogP contribution in [0.5, 0.6) is 11.5 Å². The highest BCUT2D eigenvalue weighted by atomic mass is 19.1. The van der Waals surface area contributed by atoms with Gasteiger partial charge in [0.15, 0.2) is 18.1 Å². The van der Waals surface area contributed by atoms with Crippen molar-refractivity contribution in [2.75, 3.05) is 13.7 Å². The lowest BCUT2D eigenvalue weighted by Crippen LogP contribution is -2.40. The van der Waals surface area contributed by atoms with Crippen LogP contribution in [0.4, 0.5) is 4.39 Å². The van der Waals surface area contributed by atoms with Crippen LogP contribution < -0.4 is 9.47 Å². The van der Waals surface area contributed by atoms with Crippen LogP contribution in [0.1, 0.15) is 43.2 Å². The van der Waals surface area contributed by atoms with E-state index < -0.39 is 0 Å². The summed E-state index contributed by atoms with van der Waals surface area (Å²) in [4.78, 5) is 15.0. The predicted molar refractivity (Wildman–Crippen MR) is 117 cm³/mol. The van der Waals surface area contributed by atoms with Crippen LogP contribution in [0.3, 0.4) is 0 Å². The third kappa shape index (κ3) is 6.32. The highest BCUT2D eigenvalue weighted by molar-refractivity contribution is 5.92. The van der Waals surface area contributed by atoms with Crippen molar-refractivity contribution in [2.24, 2.45) is 0 Å². The van der Waals surface area contributed by atoms with Crippen molar-refractivity contribution in [2.45, 2.75) is 44.7 Å². The smallest absolute Gasteiger partial charge is 0.247 e. The number of halogens is 1. The quantitative estimate of drug-likeness (QED) is 0.555. The number of benzene rings is 2. The SMILES string of the molecule is COc1cc(C=CC(=O)N(Cc2ccc(F)cc2)C2CCCCC2)ccc1OCC#N. The lowest BCUT2D eigenvalue weighted by atomic mass is 9.93. The van der Waals surface area contributed by atoms with Crippen molar-refractivity contribution in [1.29, 1.82) is 5.26 Å². The molecule has 0 bridgehead atoms. The van der Waals surface area contributed by atoms with E-state index in [2.05, 4.69) is 0 Å². The summed E-state index contributed by atoms with van der Waals surface area (Å²) in [5.74, 6) is 0.628. The molecule has 1 fully saturated rings. The van der Waals surface area contributed by atoms with E-state index in [9.17, 15) is 9.18 Å². The maximum absolute atomic E-state index is 13.3. The van der Waals surface area contributed by atoms with Gasteiger partial charge in [-0.15, -0.1) is 0 Å². The first-order valence-corrected chi connectivity index (χ1v) is 10.5. The number of nitriles is 1. The lowest BCUT2D eigenvalue weighted by molar-refractivity contribution is -0.129. The van der Waals surface area contributed by atoms with Crippen LogP contribution >= 0.6 is 0 Å². The van der Waals surface area contributed by atoms with Crippen molar-refractivity contribution in [3.05, 3.63) is 65.5 Å². The van der Waals surface area contributed by atoms with Crippen LogP contribution in [-0.4, -0.2) is 30.6 Å². The zero-order valence-electron chi connectivity index (χ0n) is 17.7. The summed E-state index contributed by atoms with van der Waals surface area (Å²) >= 11 is 0. The second-order valence-corrected chi connectivity index (χ2v) is 7.57. The Morgan fingerprint density at radius 3 is 2.58 bits per heavy atom. The van der Waals surface area contributed by atoms with Crippen molar-refractivity contribution < 1.29 is 18.7 Å². The molecule has 2 aromatic rings. The zero-order chi connectivity index (χ0) is 22.1. The Labute approximate surface area is 182 Å². The van der Waals surface area contributed by atoms with Gasteiger partial charge in [0.1, 0.15) is 11.9 Å². The summed E-state index contributed by atoms with van der Waals surface area (Å²) in [5.41, 5.74) is 1.70. The van der Waals surface area contributed by atoms with E-state index in [0.717, 1.165) is 36.8 Å². The van der Waals surface area contributed by atoms with Gasteiger partial charge in [-0.05, 0) is 54.3 Å². The van der Waals surface area contributed by atoms with Gasteiger partial charge in [0, 0.05) is 18.7 Å². The van der Waals surface area contributed by atoms with Gasteiger partial charge in [-0.3, -0.25) is 4.79 Å². The molecule has 6 heteroatoms. The molecule has 0 N–H and O–H groups in total. The van der Waals surface area contributed by atoms with Crippen molar-refractivity contribution in [3.8, 4) is 17.6 Å². The van der Waals surface area contributed by atoms with Gasteiger partial charge in [-0.2, -0.15) is 5.26 Å². The number of amides is 1. The van der Waals surface area contributed by atoms with Gasteiger partial charge in [-0.1, -0.05) is 37.5 Å². The number of hydrogen-bond acceptors (Lipinski definition) is 4. The third-order valence-electron chi connectivity index (χ3n) is 5.46. The Morgan fingerprint density at radius 1 is 1.16 bits per heavy atom. The molecule has 0 radical (unpaired) electrons. The molecule has 0 aliphatic heterocycles. The number of carbonyl (C=O) groups is 1. The summed E-state index contributed by atoms with van der Waals surface area (Å²) in [6.45, 7) is 0.391. The van der Waals surface area contributed by atoms with E-state index in [1.807, 2.05) is 17.0 Å². The molecular formula is C25H27FN2O3. The third-order valence-corrected chi connectivity index (χ3v) is 5.46. The van der Waals surface area contributed by atoms with E-state index >= 15 is 0 Å². The molecule has 1 amide bonds. The standard InChI is InChI=1S/C25H27FN2O3/c1-30-24-17-19(9-13-23(24)31-16-15-27)10-14-25(29)28(22-5-3-2-4-6-22)18-20-7-11-21(26)12-8-20/h7-14,17,22H,2-6,16,18H2,1H3. The Hall–Kier alpha value is -3.33. The summed E-state index contributed by atoms with van der Waals surface area (Å²) < 4.78 is 23.9. The molecule has 1 aliphatic rings. The molecule has 0 spiro atoms. The van der Waals surface area contributed by atoms with Crippen LogP contribution in [0.15, 0.2) is 48.5 Å². The Bertz CT molecular complexity index is 944. The molecular weight excluding hydrogens is 395 g/mol. The molecule has 2 aromatic carbocycles. The number of ether oxygens (including phenoxy) is 2. The van der Waals surface area contributed by atoms with E-state index in [1.165, 1.54) is 25.7 Å². The fourth-order valence-corrected chi connectivity index (χ4v) is 3.85. The van der Waals surface area contributed by atoms with Crippen molar-refractivity contribution in [1.82, 2.24) is 4.90 Å². The largest absolute Gasteiger partial charge is 0.493 e. The molecule has 5 nitrogen and oxygen atoms in total. The number of hydrogen-bond donors (Lipinski definition) is 0. The topological polar surface area (TPSA) is 62.6 Å². The van der Waals surface area contributed by atoms with Gasteiger partial charge in [0.05, 0.1) is 7.11 Å². The Kier molecular flexibility index (Phi) is 8.05. The van der Waals surface area contributed by atoms with Gasteiger partial charge in [-0.25, -0.2) is 4.39 Å². The molecule has 0 unspecified atom stereocenters. The van der Waals surface area contributed by atoms with Gasteiger partial charge >= 0.3 is 0 Å². The van der Waals surface area contributed by atoms with E-state index in [-0.39, 0.29) is 24.4 Å². The minimum atomic E-state index is -0.282. The minimum absolute atomic E-state index is 0.0657. The van der Waals surface area contributed by atoms with E-state index in [1.54, 1.807) is 36.4 Å². The lowest BCUT2D eigenvalue weighted by Gasteiger charge is -2.34. The predicted octanol–water partition coefficient (Wildman–Crippen LogP) is 5.11. The summed E-state index contributed by atoms with van der Waals surface area (Å²) in [5, 5.41) is 8.68. The first-order valence-electron chi connectivity index (χ1n) is 10.5. The summed E-state index contributed by atoms with van der Waals surface area (Å²) in [6.07, 6.45) is 8.72. The van der Waals surface area contributed by atoms with E-state index in [4.69, 9.17) is 14.7 Å². The summed E-state index contributed by atoms with van der Waals surface area (Å²) in [7, 11) is 1.53. The molecule has 1 saturated carbocycles. The normalized spacial score (nSPS) is 14.2. The van der Waals surface area contributed by atoms with Crippen molar-refractivity contribution >= 4 is 12.0 Å². The second kappa shape index (κ2) is 11.2. The molecule has 0 heterocycles. The fraction of sp³-hybridized carbons (Fsp3) is 0.360. The maximum atomic E-state index is 13.3. The molecule has 162 valence electrons. The highest BCUT2D eigenvalue weighted by Gasteiger charge is 2.24. The van der Waals surface area contributed by atoms with Gasteiger partial charge in [0.2, 0.25) is 5.91 Å². The molecule has 1 aliphatic carbocycles. The summed E-state index contributed by atoms with van der Waals surface area (Å²) in [6, 6.07) is 13.7. The molecule has 0 saturated heterocycles. The van der Waals surface area contributed by atoms with Crippen LogP contribution in [-0.2, 0) is 11.3 Å². The maximum Gasteiger partial charge on any atom is 0.247 e. The zero-order valence-corrected chi connectivity index (χ0v) is 17.7. The molecule has 0 aromatic heterocycles.